The van der Waals surface area contributed by atoms with Crippen LogP contribution in [0.2, 0.25) is 0 Å². The van der Waals surface area contributed by atoms with E-state index in [2.05, 4.69) is 0 Å². The van der Waals surface area contributed by atoms with Gasteiger partial charge in [0, 0.05) is 25.3 Å². The van der Waals surface area contributed by atoms with Crippen LogP contribution in [0.25, 0.3) is 0 Å². The van der Waals surface area contributed by atoms with Crippen molar-refractivity contribution in [2.24, 2.45) is 5.92 Å². The number of amides is 1. The van der Waals surface area contributed by atoms with Gasteiger partial charge in [0.05, 0.1) is 5.69 Å². The van der Waals surface area contributed by atoms with E-state index in [9.17, 15) is 9.18 Å². The molecule has 2 rings (SSSR count). The van der Waals surface area contributed by atoms with Gasteiger partial charge in [0.1, 0.15) is 5.82 Å². The second-order valence-electron chi connectivity index (χ2n) is 4.65. The molecule has 0 unspecified atom stereocenters. The van der Waals surface area contributed by atoms with E-state index in [0.717, 1.165) is 12.8 Å². The Bertz CT molecular complexity index is 443. The van der Waals surface area contributed by atoms with Crippen molar-refractivity contribution in [1.82, 2.24) is 4.90 Å². The van der Waals surface area contributed by atoms with Gasteiger partial charge in [0.15, 0.2) is 0 Å². The number of nitrogens with two attached hydrogens (primary N) is 1. The fourth-order valence-electron chi connectivity index (χ4n) is 2.18. The number of anilines is 1. The first-order chi connectivity index (χ1) is 8.61. The van der Waals surface area contributed by atoms with Gasteiger partial charge in [-0.1, -0.05) is 0 Å². The fraction of sp³-hybridized carbons (Fsp3) is 0.462. The number of likely N-dealkylation sites (tertiary alicyclic amines) is 1. The Morgan fingerprint density at radius 2 is 2.11 bits per heavy atom. The van der Waals surface area contributed by atoms with Crippen molar-refractivity contribution in [1.29, 1.82) is 0 Å². The lowest BCUT2D eigenvalue weighted by Crippen LogP contribution is -2.39. The van der Waals surface area contributed by atoms with Crippen molar-refractivity contribution in [3.05, 3.63) is 29.6 Å². The molecule has 5 heteroatoms. The number of aliphatic hydroxyl groups excluding tert-OH is 1. The lowest BCUT2D eigenvalue weighted by molar-refractivity contribution is 0.0651. The highest BCUT2D eigenvalue weighted by atomic mass is 19.1. The maximum Gasteiger partial charge on any atom is 0.253 e. The number of hydrogen-bond acceptors (Lipinski definition) is 3. The molecule has 1 heterocycles. The van der Waals surface area contributed by atoms with Crippen molar-refractivity contribution in [3.63, 3.8) is 0 Å². The lowest BCUT2D eigenvalue weighted by atomic mass is 9.97. The Kier molecular flexibility index (Phi) is 3.81. The van der Waals surface area contributed by atoms with Gasteiger partial charge in [-0.25, -0.2) is 4.39 Å². The first kappa shape index (κ1) is 12.8. The van der Waals surface area contributed by atoms with Gasteiger partial charge in [-0.05, 0) is 37.0 Å². The molecule has 18 heavy (non-hydrogen) atoms. The van der Waals surface area contributed by atoms with Gasteiger partial charge in [-0.3, -0.25) is 4.79 Å². The van der Waals surface area contributed by atoms with Crippen LogP contribution >= 0.6 is 0 Å². The minimum absolute atomic E-state index is 0.00825. The Labute approximate surface area is 105 Å². The Hall–Kier alpha value is -1.62. The summed E-state index contributed by atoms with van der Waals surface area (Å²) in [7, 11) is 0. The van der Waals surface area contributed by atoms with E-state index >= 15 is 0 Å². The number of carbonyl (C=O) groups excluding carboxylic acids is 1. The Morgan fingerprint density at radius 1 is 1.44 bits per heavy atom. The van der Waals surface area contributed by atoms with Crippen LogP contribution < -0.4 is 5.73 Å². The fourth-order valence-corrected chi connectivity index (χ4v) is 2.18. The van der Waals surface area contributed by atoms with Crippen molar-refractivity contribution in [2.75, 3.05) is 25.4 Å². The molecule has 1 aromatic rings. The third-order valence-corrected chi connectivity index (χ3v) is 3.40. The zero-order valence-electron chi connectivity index (χ0n) is 10.1. The number of carbonyl (C=O) groups is 1. The lowest BCUT2D eigenvalue weighted by Gasteiger charge is -2.31. The summed E-state index contributed by atoms with van der Waals surface area (Å²) in [6, 6.07) is 4.03. The highest BCUT2D eigenvalue weighted by molar-refractivity contribution is 5.95. The first-order valence-corrected chi connectivity index (χ1v) is 6.07. The summed E-state index contributed by atoms with van der Waals surface area (Å²) in [6.45, 7) is 1.42. The Morgan fingerprint density at radius 3 is 2.67 bits per heavy atom. The third-order valence-electron chi connectivity index (χ3n) is 3.40. The van der Waals surface area contributed by atoms with Gasteiger partial charge in [0.25, 0.3) is 5.91 Å². The van der Waals surface area contributed by atoms with Crippen molar-refractivity contribution < 1.29 is 14.3 Å². The summed E-state index contributed by atoms with van der Waals surface area (Å²) < 4.78 is 13.0. The smallest absolute Gasteiger partial charge is 0.253 e. The molecular formula is C13H17FN2O2. The highest BCUT2D eigenvalue weighted by Gasteiger charge is 2.23. The largest absolute Gasteiger partial charge is 0.396 e. The molecule has 1 aliphatic heterocycles. The van der Waals surface area contributed by atoms with Crippen LogP contribution in [0.1, 0.15) is 23.2 Å². The number of hydrogen-bond donors (Lipinski definition) is 2. The molecule has 1 saturated heterocycles. The average Bonchev–Trinajstić information content (AvgIpc) is 2.41. The number of aliphatic hydroxyl groups is 1. The van der Waals surface area contributed by atoms with Gasteiger partial charge in [-0.2, -0.15) is 0 Å². The van der Waals surface area contributed by atoms with E-state index in [1.165, 1.54) is 18.2 Å². The van der Waals surface area contributed by atoms with Crippen LogP contribution in [0.15, 0.2) is 18.2 Å². The van der Waals surface area contributed by atoms with Crippen molar-refractivity contribution >= 4 is 11.6 Å². The maximum absolute atomic E-state index is 13.0. The monoisotopic (exact) mass is 252 g/mol. The van der Waals surface area contributed by atoms with Crippen molar-refractivity contribution in [3.8, 4) is 0 Å². The average molecular weight is 252 g/mol. The number of nitrogens with zero attached hydrogens (tertiary/aromatic N) is 1. The normalized spacial score (nSPS) is 16.9. The summed E-state index contributed by atoms with van der Waals surface area (Å²) in [6.07, 6.45) is 1.61. The van der Waals surface area contributed by atoms with E-state index in [4.69, 9.17) is 10.8 Å². The summed E-state index contributed by atoms with van der Waals surface area (Å²) in [4.78, 5) is 13.9. The van der Waals surface area contributed by atoms with Crippen molar-refractivity contribution in [2.45, 2.75) is 12.8 Å². The summed E-state index contributed by atoms with van der Waals surface area (Å²) >= 11 is 0. The molecule has 98 valence electrons. The molecule has 1 aromatic carbocycles. The quantitative estimate of drug-likeness (QED) is 0.778. The molecule has 0 saturated carbocycles. The molecule has 3 N–H and O–H groups in total. The molecule has 0 atom stereocenters. The number of benzene rings is 1. The van der Waals surface area contributed by atoms with E-state index in [-0.39, 0.29) is 24.1 Å². The van der Waals surface area contributed by atoms with E-state index in [1.807, 2.05) is 0 Å². The SMILES string of the molecule is Nc1cc(C(=O)N2CCC(CO)CC2)ccc1F. The van der Waals surface area contributed by atoms with Crippen LogP contribution in [-0.2, 0) is 0 Å². The zero-order chi connectivity index (χ0) is 13.1. The van der Waals surface area contributed by atoms with Crippen LogP contribution in [0.3, 0.4) is 0 Å². The molecule has 0 aromatic heterocycles. The molecular weight excluding hydrogens is 235 g/mol. The molecule has 0 aliphatic carbocycles. The second-order valence-corrected chi connectivity index (χ2v) is 4.65. The molecule has 1 fully saturated rings. The first-order valence-electron chi connectivity index (χ1n) is 6.07. The topological polar surface area (TPSA) is 66.6 Å². The van der Waals surface area contributed by atoms with Gasteiger partial charge < -0.3 is 15.7 Å². The molecule has 0 radical (unpaired) electrons. The molecule has 4 nitrogen and oxygen atoms in total. The third kappa shape index (κ3) is 2.61. The van der Waals surface area contributed by atoms with Crippen LogP contribution in [-0.4, -0.2) is 35.6 Å². The summed E-state index contributed by atoms with van der Waals surface area (Å²) in [5, 5.41) is 9.04. The summed E-state index contributed by atoms with van der Waals surface area (Å²) in [5.74, 6) is -0.351. The van der Waals surface area contributed by atoms with E-state index < -0.39 is 5.82 Å². The van der Waals surface area contributed by atoms with Gasteiger partial charge in [0.2, 0.25) is 0 Å². The molecule has 0 spiro atoms. The molecule has 1 aliphatic rings. The minimum atomic E-state index is -0.509. The minimum Gasteiger partial charge on any atom is -0.396 e. The standard InChI is InChI=1S/C13H17FN2O2/c14-11-2-1-10(7-12(11)15)13(18)16-5-3-9(8-17)4-6-16/h1-2,7,9,17H,3-6,8,15H2. The van der Waals surface area contributed by atoms with Crippen LogP contribution in [0, 0.1) is 11.7 Å². The van der Waals surface area contributed by atoms with E-state index in [0.29, 0.717) is 18.7 Å². The number of nitrogen functional groups attached to an aromatic ring is 1. The maximum atomic E-state index is 13.0. The second kappa shape index (κ2) is 5.35. The molecule has 1 amide bonds. The predicted molar refractivity (Wildman–Crippen MR) is 66.5 cm³/mol. The number of rotatable bonds is 2. The summed E-state index contributed by atoms with van der Waals surface area (Å²) in [5.41, 5.74) is 5.86. The number of halogens is 1. The van der Waals surface area contributed by atoms with Gasteiger partial charge >= 0.3 is 0 Å². The Balaban J connectivity index is 2.05. The van der Waals surface area contributed by atoms with E-state index in [1.54, 1.807) is 4.90 Å². The van der Waals surface area contributed by atoms with Gasteiger partial charge in [-0.15, -0.1) is 0 Å². The highest BCUT2D eigenvalue weighted by Crippen LogP contribution is 2.20. The zero-order valence-corrected chi connectivity index (χ0v) is 10.1. The number of piperidine rings is 1. The van der Waals surface area contributed by atoms with Crippen LogP contribution in [0.5, 0.6) is 0 Å². The predicted octanol–water partition coefficient (Wildman–Crippen LogP) is 1.25. The molecule has 0 bridgehead atoms. The van der Waals surface area contributed by atoms with Crippen LogP contribution in [0.4, 0.5) is 10.1 Å².